The molecule has 0 spiro atoms. The van der Waals surface area contributed by atoms with Gasteiger partial charge in [0, 0.05) is 37.2 Å². The summed E-state index contributed by atoms with van der Waals surface area (Å²) in [4.78, 5) is 7.45. The number of aromatic amines is 1. The first-order valence-corrected chi connectivity index (χ1v) is 6.57. The van der Waals surface area contributed by atoms with E-state index < -0.39 is 0 Å². The molecule has 18 heavy (non-hydrogen) atoms. The highest BCUT2D eigenvalue weighted by Gasteiger charge is 2.10. The predicted octanol–water partition coefficient (Wildman–Crippen LogP) is 2.26. The lowest BCUT2D eigenvalue weighted by atomic mass is 10.2. The Morgan fingerprint density at radius 3 is 3.00 bits per heavy atom. The average molecular weight is 247 g/mol. The van der Waals surface area contributed by atoms with Gasteiger partial charge in [0.05, 0.1) is 12.2 Å². The molecule has 0 radical (unpaired) electrons. The number of hydrogen-bond acceptors (Lipinski definition) is 3. The number of aromatic nitrogens is 4. The molecule has 0 saturated carbocycles. The molecule has 0 aliphatic heterocycles. The molecule has 2 rings (SSSR count). The fourth-order valence-electron chi connectivity index (χ4n) is 1.99. The predicted molar refractivity (Wildman–Crippen MR) is 71.0 cm³/mol. The lowest BCUT2D eigenvalue weighted by Crippen LogP contribution is -2.21. The van der Waals surface area contributed by atoms with E-state index >= 15 is 0 Å². The molecule has 0 aromatic carbocycles. The van der Waals surface area contributed by atoms with Gasteiger partial charge in [-0.2, -0.15) is 5.10 Å². The van der Waals surface area contributed by atoms with E-state index in [0.29, 0.717) is 0 Å². The molecule has 98 valence electrons. The summed E-state index contributed by atoms with van der Waals surface area (Å²) >= 11 is 0. The highest BCUT2D eigenvalue weighted by Crippen LogP contribution is 2.12. The summed E-state index contributed by atoms with van der Waals surface area (Å²) in [5, 5.41) is 7.82. The van der Waals surface area contributed by atoms with Crippen LogP contribution >= 0.6 is 0 Å². The molecular formula is C13H21N5. The first-order valence-electron chi connectivity index (χ1n) is 6.57. The van der Waals surface area contributed by atoms with E-state index in [0.717, 1.165) is 31.8 Å². The molecule has 0 saturated heterocycles. The minimum atomic E-state index is 0.273. The maximum Gasteiger partial charge on any atom is 0.123 e. The normalized spacial score (nSPS) is 12.8. The van der Waals surface area contributed by atoms with Crippen molar-refractivity contribution in [1.29, 1.82) is 0 Å². The van der Waals surface area contributed by atoms with Crippen molar-refractivity contribution in [2.24, 2.45) is 0 Å². The zero-order valence-corrected chi connectivity index (χ0v) is 11.1. The minimum Gasteiger partial charge on any atom is -0.347 e. The molecule has 5 nitrogen and oxygen atoms in total. The van der Waals surface area contributed by atoms with Gasteiger partial charge >= 0.3 is 0 Å². The van der Waals surface area contributed by atoms with E-state index in [2.05, 4.69) is 40.4 Å². The second kappa shape index (κ2) is 6.35. The van der Waals surface area contributed by atoms with E-state index in [1.807, 2.05) is 17.1 Å². The zero-order valence-electron chi connectivity index (χ0n) is 11.1. The Balaban J connectivity index is 1.89. The van der Waals surface area contributed by atoms with Crippen LogP contribution in [0.5, 0.6) is 0 Å². The van der Waals surface area contributed by atoms with Crippen LogP contribution in [-0.4, -0.2) is 19.7 Å². The molecule has 1 unspecified atom stereocenters. The number of aryl methyl sites for hydroxylation is 1. The summed E-state index contributed by atoms with van der Waals surface area (Å²) in [5.41, 5.74) is 1.22. The van der Waals surface area contributed by atoms with Crippen molar-refractivity contribution in [3.05, 3.63) is 36.2 Å². The number of H-pyrrole nitrogens is 1. The first-order chi connectivity index (χ1) is 8.83. The van der Waals surface area contributed by atoms with Crippen molar-refractivity contribution < 1.29 is 0 Å². The van der Waals surface area contributed by atoms with Crippen molar-refractivity contribution in [1.82, 2.24) is 25.1 Å². The van der Waals surface area contributed by atoms with Crippen LogP contribution in [0.15, 0.2) is 24.8 Å². The molecule has 2 aromatic rings. The van der Waals surface area contributed by atoms with Gasteiger partial charge in [0.25, 0.3) is 0 Å². The topological polar surface area (TPSA) is 58.5 Å². The van der Waals surface area contributed by atoms with E-state index in [1.54, 1.807) is 6.20 Å². The number of hydrogen-bond donors (Lipinski definition) is 2. The number of nitrogens with one attached hydrogen (secondary N) is 2. The summed E-state index contributed by atoms with van der Waals surface area (Å²) in [6, 6.07) is 0.273. The number of nitrogens with zero attached hydrogens (tertiary/aromatic N) is 3. The quantitative estimate of drug-likeness (QED) is 0.789. The van der Waals surface area contributed by atoms with Crippen LogP contribution in [0.3, 0.4) is 0 Å². The number of rotatable bonds is 7. The summed E-state index contributed by atoms with van der Waals surface area (Å²) in [5.74, 6) is 0.999. The third-order valence-corrected chi connectivity index (χ3v) is 2.95. The van der Waals surface area contributed by atoms with Crippen LogP contribution in [0.25, 0.3) is 0 Å². The summed E-state index contributed by atoms with van der Waals surface area (Å²) in [7, 11) is 0. The Hall–Kier alpha value is -1.62. The van der Waals surface area contributed by atoms with Crippen LogP contribution in [0.2, 0.25) is 0 Å². The van der Waals surface area contributed by atoms with Gasteiger partial charge in [-0.3, -0.25) is 4.68 Å². The molecule has 0 bridgehead atoms. The van der Waals surface area contributed by atoms with E-state index in [4.69, 9.17) is 0 Å². The second-order valence-corrected chi connectivity index (χ2v) is 4.43. The lowest BCUT2D eigenvalue weighted by molar-refractivity contribution is 0.497. The molecule has 0 aliphatic rings. The van der Waals surface area contributed by atoms with Crippen LogP contribution in [0.1, 0.15) is 44.1 Å². The maximum absolute atomic E-state index is 4.33. The third-order valence-electron chi connectivity index (χ3n) is 2.95. The van der Waals surface area contributed by atoms with Crippen molar-refractivity contribution in [2.45, 2.75) is 45.8 Å². The van der Waals surface area contributed by atoms with E-state index in [1.165, 1.54) is 5.56 Å². The van der Waals surface area contributed by atoms with Gasteiger partial charge in [-0.15, -0.1) is 0 Å². The lowest BCUT2D eigenvalue weighted by Gasteiger charge is -2.13. The molecule has 0 fully saturated rings. The van der Waals surface area contributed by atoms with E-state index in [-0.39, 0.29) is 6.04 Å². The minimum absolute atomic E-state index is 0.273. The first kappa shape index (κ1) is 12.8. The standard InChI is InChI=1S/C13H21N5/c1-3-7-18-10-11(9-17-18)8-16-12(4-2)13-14-5-6-15-13/h5-6,9-10,12,16H,3-4,7-8H2,1-2H3,(H,14,15). The highest BCUT2D eigenvalue weighted by molar-refractivity contribution is 5.05. The second-order valence-electron chi connectivity index (χ2n) is 4.43. The Morgan fingerprint density at radius 1 is 1.44 bits per heavy atom. The fraction of sp³-hybridized carbons (Fsp3) is 0.538. The molecule has 5 heteroatoms. The van der Waals surface area contributed by atoms with Crippen molar-refractivity contribution >= 4 is 0 Å². The Kier molecular flexibility index (Phi) is 4.52. The summed E-state index contributed by atoms with van der Waals surface area (Å²) in [6.07, 6.45) is 9.80. The van der Waals surface area contributed by atoms with Crippen molar-refractivity contribution in [3.63, 3.8) is 0 Å². The molecular weight excluding hydrogens is 226 g/mol. The highest BCUT2D eigenvalue weighted by atomic mass is 15.3. The zero-order chi connectivity index (χ0) is 12.8. The van der Waals surface area contributed by atoms with Crippen LogP contribution in [0.4, 0.5) is 0 Å². The van der Waals surface area contributed by atoms with Gasteiger partial charge in [0.2, 0.25) is 0 Å². The maximum atomic E-state index is 4.33. The van der Waals surface area contributed by atoms with Gasteiger partial charge in [0.1, 0.15) is 5.82 Å². The van der Waals surface area contributed by atoms with Gasteiger partial charge in [-0.1, -0.05) is 13.8 Å². The van der Waals surface area contributed by atoms with Crippen molar-refractivity contribution in [2.75, 3.05) is 0 Å². The fourth-order valence-corrected chi connectivity index (χ4v) is 1.99. The monoisotopic (exact) mass is 247 g/mol. The summed E-state index contributed by atoms with van der Waals surface area (Å²) in [6.45, 7) is 6.11. The third kappa shape index (κ3) is 3.20. The Bertz CT molecular complexity index is 446. The smallest absolute Gasteiger partial charge is 0.123 e. The largest absolute Gasteiger partial charge is 0.347 e. The summed E-state index contributed by atoms with van der Waals surface area (Å²) < 4.78 is 1.99. The van der Waals surface area contributed by atoms with Gasteiger partial charge in [-0.25, -0.2) is 4.98 Å². The molecule has 2 heterocycles. The van der Waals surface area contributed by atoms with Gasteiger partial charge in [0.15, 0.2) is 0 Å². The molecule has 1 atom stereocenters. The SMILES string of the molecule is CCCn1cc(CNC(CC)c2ncc[nH]2)cn1. The molecule has 2 aromatic heterocycles. The molecule has 0 amide bonds. The Morgan fingerprint density at radius 2 is 2.33 bits per heavy atom. The van der Waals surface area contributed by atoms with Crippen LogP contribution < -0.4 is 5.32 Å². The van der Waals surface area contributed by atoms with E-state index in [9.17, 15) is 0 Å². The van der Waals surface area contributed by atoms with Crippen LogP contribution in [-0.2, 0) is 13.1 Å². The van der Waals surface area contributed by atoms with Gasteiger partial charge < -0.3 is 10.3 Å². The van der Waals surface area contributed by atoms with Crippen LogP contribution in [0, 0.1) is 0 Å². The Labute approximate surface area is 108 Å². The average Bonchev–Trinajstić information content (AvgIpc) is 3.02. The molecule has 0 aliphatic carbocycles. The molecule has 2 N–H and O–H groups in total. The van der Waals surface area contributed by atoms with Gasteiger partial charge in [-0.05, 0) is 12.8 Å². The number of imidazole rings is 1. The van der Waals surface area contributed by atoms with Crippen molar-refractivity contribution in [3.8, 4) is 0 Å².